The number of phenolic OH excluding ortho intramolecular Hbond substituents is 1. The van der Waals surface area contributed by atoms with Gasteiger partial charge in [-0.1, -0.05) is 24.3 Å². The molecule has 0 saturated carbocycles. The van der Waals surface area contributed by atoms with Gasteiger partial charge in [0.2, 0.25) is 0 Å². The molecular formula is C18H19N5O2S. The van der Waals surface area contributed by atoms with Crippen LogP contribution in [-0.2, 0) is 0 Å². The number of benzene rings is 2. The van der Waals surface area contributed by atoms with E-state index in [4.69, 9.17) is 0 Å². The summed E-state index contributed by atoms with van der Waals surface area (Å²) in [7, 11) is 3.27. The summed E-state index contributed by atoms with van der Waals surface area (Å²) in [5.74, 6) is 0.623. The van der Waals surface area contributed by atoms with Crippen LogP contribution in [-0.4, -0.2) is 38.8 Å². The standard InChI is InChI=1S/C18H19N5O2S/c1-11-7-4-5-9-13(11)19-16-17(22-26-21-16)20-14-10-6-8-12(15(14)24)18(25)23(2)3/h4-10,24H,1-3H3,(H,19,21)(H,20,22). The number of para-hydroxylation sites is 2. The van der Waals surface area contributed by atoms with Crippen molar-refractivity contribution in [1.82, 2.24) is 13.6 Å². The number of aromatic nitrogens is 2. The van der Waals surface area contributed by atoms with Crippen molar-refractivity contribution in [2.75, 3.05) is 24.7 Å². The number of amides is 1. The largest absolute Gasteiger partial charge is 0.505 e. The van der Waals surface area contributed by atoms with E-state index in [0.29, 0.717) is 17.3 Å². The highest BCUT2D eigenvalue weighted by Gasteiger charge is 2.18. The zero-order valence-electron chi connectivity index (χ0n) is 14.6. The molecule has 0 bridgehead atoms. The summed E-state index contributed by atoms with van der Waals surface area (Å²) in [6.45, 7) is 2.00. The van der Waals surface area contributed by atoms with Gasteiger partial charge in [-0.05, 0) is 30.7 Å². The minimum Gasteiger partial charge on any atom is -0.505 e. The van der Waals surface area contributed by atoms with Gasteiger partial charge >= 0.3 is 0 Å². The highest BCUT2D eigenvalue weighted by molar-refractivity contribution is 6.99. The van der Waals surface area contributed by atoms with Gasteiger partial charge in [-0.2, -0.15) is 8.75 Å². The van der Waals surface area contributed by atoms with Gasteiger partial charge in [0.25, 0.3) is 5.91 Å². The second-order valence-corrected chi connectivity index (χ2v) is 6.46. The van der Waals surface area contributed by atoms with E-state index in [-0.39, 0.29) is 17.2 Å². The van der Waals surface area contributed by atoms with E-state index >= 15 is 0 Å². The van der Waals surface area contributed by atoms with Crippen molar-refractivity contribution < 1.29 is 9.90 Å². The van der Waals surface area contributed by atoms with E-state index < -0.39 is 0 Å². The van der Waals surface area contributed by atoms with Crippen molar-refractivity contribution in [3.05, 3.63) is 53.6 Å². The van der Waals surface area contributed by atoms with Crippen molar-refractivity contribution in [1.29, 1.82) is 0 Å². The van der Waals surface area contributed by atoms with Gasteiger partial charge < -0.3 is 20.6 Å². The van der Waals surface area contributed by atoms with E-state index in [1.54, 1.807) is 32.3 Å². The van der Waals surface area contributed by atoms with Gasteiger partial charge in [0.15, 0.2) is 17.4 Å². The molecule has 1 heterocycles. The number of nitrogens with zero attached hydrogens (tertiary/aromatic N) is 3. The maximum Gasteiger partial charge on any atom is 0.257 e. The summed E-state index contributed by atoms with van der Waals surface area (Å²) in [5.41, 5.74) is 2.60. The van der Waals surface area contributed by atoms with Crippen LogP contribution in [0.25, 0.3) is 0 Å². The molecule has 2 aromatic carbocycles. The van der Waals surface area contributed by atoms with Crippen LogP contribution in [0.2, 0.25) is 0 Å². The Bertz CT molecular complexity index is 939. The Morgan fingerprint density at radius 1 is 1.00 bits per heavy atom. The smallest absolute Gasteiger partial charge is 0.257 e. The Hall–Kier alpha value is -3.13. The van der Waals surface area contributed by atoms with Crippen LogP contribution in [0.3, 0.4) is 0 Å². The molecule has 26 heavy (non-hydrogen) atoms. The number of nitrogens with one attached hydrogen (secondary N) is 2. The Balaban J connectivity index is 1.87. The minimum atomic E-state index is -0.277. The van der Waals surface area contributed by atoms with Gasteiger partial charge in [0, 0.05) is 19.8 Å². The molecule has 8 heteroatoms. The fraction of sp³-hybridized carbons (Fsp3) is 0.167. The predicted molar refractivity (Wildman–Crippen MR) is 104 cm³/mol. The highest BCUT2D eigenvalue weighted by Crippen LogP contribution is 2.33. The molecule has 0 atom stereocenters. The Labute approximate surface area is 155 Å². The summed E-state index contributed by atoms with van der Waals surface area (Å²) in [6.07, 6.45) is 0. The normalized spacial score (nSPS) is 10.4. The molecule has 3 aromatic rings. The molecule has 0 aliphatic carbocycles. The lowest BCUT2D eigenvalue weighted by Crippen LogP contribution is -2.21. The first kappa shape index (κ1) is 17.7. The molecule has 1 aromatic heterocycles. The predicted octanol–water partition coefficient (Wildman–Crippen LogP) is 3.74. The van der Waals surface area contributed by atoms with E-state index in [0.717, 1.165) is 23.0 Å². The van der Waals surface area contributed by atoms with Crippen molar-refractivity contribution in [2.45, 2.75) is 6.92 Å². The molecule has 1 amide bonds. The summed E-state index contributed by atoms with van der Waals surface area (Å²) in [5, 5.41) is 16.7. The molecule has 0 spiro atoms. The highest BCUT2D eigenvalue weighted by atomic mass is 32.1. The first-order valence-electron chi connectivity index (χ1n) is 7.93. The maximum absolute atomic E-state index is 12.2. The molecule has 0 radical (unpaired) electrons. The third-order valence-electron chi connectivity index (χ3n) is 3.81. The van der Waals surface area contributed by atoms with Crippen LogP contribution in [0.1, 0.15) is 15.9 Å². The lowest BCUT2D eigenvalue weighted by molar-refractivity contribution is 0.0824. The molecule has 0 unspecified atom stereocenters. The van der Waals surface area contributed by atoms with Gasteiger partial charge in [-0.25, -0.2) is 0 Å². The zero-order valence-corrected chi connectivity index (χ0v) is 15.5. The number of anilines is 4. The number of hydrogen-bond acceptors (Lipinski definition) is 7. The van der Waals surface area contributed by atoms with Crippen LogP contribution < -0.4 is 10.6 Å². The molecule has 134 valence electrons. The van der Waals surface area contributed by atoms with Crippen molar-refractivity contribution in [3.8, 4) is 5.75 Å². The summed E-state index contributed by atoms with van der Waals surface area (Å²) < 4.78 is 8.50. The number of phenols is 1. The number of carbonyl (C=O) groups is 1. The van der Waals surface area contributed by atoms with Crippen LogP contribution in [0.4, 0.5) is 23.0 Å². The van der Waals surface area contributed by atoms with E-state index in [1.807, 2.05) is 31.2 Å². The van der Waals surface area contributed by atoms with Crippen LogP contribution in [0.5, 0.6) is 5.75 Å². The molecular weight excluding hydrogens is 350 g/mol. The zero-order chi connectivity index (χ0) is 18.7. The molecule has 3 N–H and O–H groups in total. The third-order valence-corrected chi connectivity index (χ3v) is 4.34. The summed E-state index contributed by atoms with van der Waals surface area (Å²) >= 11 is 1.05. The van der Waals surface area contributed by atoms with Crippen molar-refractivity contribution in [2.24, 2.45) is 0 Å². The molecule has 0 fully saturated rings. The first-order valence-corrected chi connectivity index (χ1v) is 8.66. The second-order valence-electron chi connectivity index (χ2n) is 5.93. The fourth-order valence-electron chi connectivity index (χ4n) is 2.38. The van der Waals surface area contributed by atoms with Gasteiger partial charge in [0.05, 0.1) is 23.0 Å². The van der Waals surface area contributed by atoms with Crippen LogP contribution in [0, 0.1) is 6.92 Å². The van der Waals surface area contributed by atoms with Crippen LogP contribution in [0.15, 0.2) is 42.5 Å². The Morgan fingerprint density at radius 2 is 1.62 bits per heavy atom. The summed E-state index contributed by atoms with van der Waals surface area (Å²) in [6, 6.07) is 12.8. The second kappa shape index (κ2) is 7.40. The SMILES string of the molecule is Cc1ccccc1Nc1nsnc1Nc1cccc(C(=O)N(C)C)c1O. The number of rotatable bonds is 5. The third kappa shape index (κ3) is 3.60. The van der Waals surface area contributed by atoms with Crippen LogP contribution >= 0.6 is 11.7 Å². The Kier molecular flexibility index (Phi) is 5.04. The number of carbonyl (C=O) groups excluding carboxylic acids is 1. The average molecular weight is 369 g/mol. The maximum atomic E-state index is 12.2. The molecule has 3 rings (SSSR count). The lowest BCUT2D eigenvalue weighted by atomic mass is 10.1. The topological polar surface area (TPSA) is 90.4 Å². The molecule has 0 saturated heterocycles. The summed E-state index contributed by atoms with van der Waals surface area (Å²) in [4.78, 5) is 13.6. The van der Waals surface area contributed by atoms with Gasteiger partial charge in [0.1, 0.15) is 0 Å². The molecule has 0 aliphatic heterocycles. The fourth-order valence-corrected chi connectivity index (χ4v) is 2.85. The monoisotopic (exact) mass is 369 g/mol. The van der Waals surface area contributed by atoms with E-state index in [9.17, 15) is 9.90 Å². The number of aryl methyl sites for hydroxylation is 1. The van der Waals surface area contributed by atoms with E-state index in [2.05, 4.69) is 19.4 Å². The first-order chi connectivity index (χ1) is 12.5. The van der Waals surface area contributed by atoms with Gasteiger partial charge in [-0.15, -0.1) is 0 Å². The van der Waals surface area contributed by atoms with Gasteiger partial charge in [-0.3, -0.25) is 4.79 Å². The lowest BCUT2D eigenvalue weighted by Gasteiger charge is -2.14. The van der Waals surface area contributed by atoms with Crippen molar-refractivity contribution in [3.63, 3.8) is 0 Å². The van der Waals surface area contributed by atoms with E-state index in [1.165, 1.54) is 4.90 Å². The Morgan fingerprint density at radius 3 is 2.27 bits per heavy atom. The number of aromatic hydroxyl groups is 1. The number of hydrogen-bond donors (Lipinski definition) is 3. The molecule has 7 nitrogen and oxygen atoms in total. The quantitative estimate of drug-likeness (QED) is 0.594. The minimum absolute atomic E-state index is 0.124. The average Bonchev–Trinajstić information content (AvgIpc) is 3.05. The van der Waals surface area contributed by atoms with Crippen molar-refractivity contribution >= 4 is 40.6 Å². The molecule has 0 aliphatic rings.